The van der Waals surface area contributed by atoms with Crippen LogP contribution in [0, 0.1) is 0 Å². The fourth-order valence-corrected chi connectivity index (χ4v) is 2.81. The maximum Gasteiger partial charge on any atom is 0.338 e. The number of hydrogen-bond donors (Lipinski definition) is 0. The molecule has 2 aliphatic heterocycles. The first-order valence-corrected chi connectivity index (χ1v) is 6.31. The van der Waals surface area contributed by atoms with Crippen LogP contribution in [0.4, 0.5) is 0 Å². The zero-order valence-electron chi connectivity index (χ0n) is 10.0. The van der Waals surface area contributed by atoms with Crippen LogP contribution in [0.15, 0.2) is 30.3 Å². The first kappa shape index (κ1) is 11.3. The summed E-state index contributed by atoms with van der Waals surface area (Å²) in [5, 5.41) is 0. The minimum absolute atomic E-state index is 0.102. The maximum atomic E-state index is 11.9. The Morgan fingerprint density at radius 1 is 1.22 bits per heavy atom. The molecule has 2 atom stereocenters. The van der Waals surface area contributed by atoms with Gasteiger partial charge in [-0.15, -0.1) is 0 Å². The van der Waals surface area contributed by atoms with Crippen molar-refractivity contribution >= 4 is 11.9 Å². The number of fused-ring (bicyclic) bond motifs is 1. The van der Waals surface area contributed by atoms with E-state index in [9.17, 15) is 9.59 Å². The van der Waals surface area contributed by atoms with Crippen molar-refractivity contribution in [2.45, 2.75) is 31.4 Å². The number of carbonyl (C=O) groups excluding carboxylic acids is 2. The molecule has 18 heavy (non-hydrogen) atoms. The number of benzene rings is 1. The van der Waals surface area contributed by atoms with Crippen molar-refractivity contribution in [3.05, 3.63) is 35.9 Å². The Morgan fingerprint density at radius 3 is 2.78 bits per heavy atom. The van der Waals surface area contributed by atoms with Crippen molar-refractivity contribution in [3.63, 3.8) is 0 Å². The van der Waals surface area contributed by atoms with Gasteiger partial charge >= 0.3 is 5.97 Å². The molecular weight excluding hydrogens is 230 g/mol. The summed E-state index contributed by atoms with van der Waals surface area (Å²) in [5.74, 6) is -0.0972. The molecule has 1 aromatic carbocycles. The molecule has 94 valence electrons. The van der Waals surface area contributed by atoms with E-state index in [-0.39, 0.29) is 24.0 Å². The summed E-state index contributed by atoms with van der Waals surface area (Å²) in [6.07, 6.45) is 2.02. The van der Waals surface area contributed by atoms with E-state index in [0.717, 1.165) is 19.4 Å². The van der Waals surface area contributed by atoms with E-state index < -0.39 is 0 Å². The number of esters is 1. The molecule has 4 heteroatoms. The summed E-state index contributed by atoms with van der Waals surface area (Å²) < 4.78 is 5.53. The van der Waals surface area contributed by atoms with E-state index in [0.29, 0.717) is 12.0 Å². The van der Waals surface area contributed by atoms with Gasteiger partial charge in [0, 0.05) is 19.4 Å². The number of carbonyl (C=O) groups is 2. The zero-order valence-corrected chi connectivity index (χ0v) is 10.0. The minimum atomic E-state index is -0.290. The summed E-state index contributed by atoms with van der Waals surface area (Å²) in [6.45, 7) is 0.718. The average Bonchev–Trinajstić information content (AvgIpc) is 2.95. The maximum absolute atomic E-state index is 11.9. The van der Waals surface area contributed by atoms with Gasteiger partial charge in [-0.25, -0.2) is 4.79 Å². The van der Waals surface area contributed by atoms with Crippen molar-refractivity contribution in [2.75, 3.05) is 6.54 Å². The van der Waals surface area contributed by atoms with Crippen LogP contribution in [0.1, 0.15) is 29.6 Å². The Morgan fingerprint density at radius 2 is 2.00 bits per heavy atom. The Bertz CT molecular complexity index is 471. The highest BCUT2D eigenvalue weighted by atomic mass is 16.5. The molecule has 2 saturated heterocycles. The molecule has 0 aromatic heterocycles. The van der Waals surface area contributed by atoms with Crippen LogP contribution >= 0.6 is 0 Å². The van der Waals surface area contributed by atoms with Crippen molar-refractivity contribution in [1.29, 1.82) is 0 Å². The number of rotatable bonds is 2. The predicted molar refractivity (Wildman–Crippen MR) is 65.0 cm³/mol. The third-order valence-corrected chi connectivity index (χ3v) is 3.73. The molecule has 0 bridgehead atoms. The average molecular weight is 245 g/mol. The summed E-state index contributed by atoms with van der Waals surface area (Å²) in [7, 11) is 0. The standard InChI is InChI=1S/C14H15NO3/c16-13-7-6-11-12(8-9-15(11)13)18-14(17)10-4-2-1-3-5-10/h1-5,11-12H,6-9H2/t11-,12+/m0/s1. The van der Waals surface area contributed by atoms with Crippen LogP contribution in [0.5, 0.6) is 0 Å². The van der Waals surface area contributed by atoms with E-state index in [1.165, 1.54) is 0 Å². The fourth-order valence-electron chi connectivity index (χ4n) is 2.81. The molecule has 4 nitrogen and oxygen atoms in total. The normalized spacial score (nSPS) is 26.2. The molecule has 0 spiro atoms. The summed E-state index contributed by atoms with van der Waals surface area (Å²) in [5.41, 5.74) is 0.570. The van der Waals surface area contributed by atoms with Crippen LogP contribution in [-0.4, -0.2) is 35.5 Å². The molecule has 0 unspecified atom stereocenters. The van der Waals surface area contributed by atoms with E-state index in [2.05, 4.69) is 0 Å². The molecule has 1 amide bonds. The molecule has 2 aliphatic rings. The Balaban J connectivity index is 1.68. The van der Waals surface area contributed by atoms with Gasteiger partial charge < -0.3 is 9.64 Å². The molecule has 0 radical (unpaired) electrons. The second-order valence-electron chi connectivity index (χ2n) is 4.79. The second-order valence-corrected chi connectivity index (χ2v) is 4.79. The van der Waals surface area contributed by atoms with Gasteiger partial charge in [0.25, 0.3) is 0 Å². The van der Waals surface area contributed by atoms with E-state index in [4.69, 9.17) is 4.74 Å². The third kappa shape index (κ3) is 1.88. The molecular formula is C14H15NO3. The van der Waals surface area contributed by atoms with Crippen LogP contribution in [0.3, 0.4) is 0 Å². The van der Waals surface area contributed by atoms with Gasteiger partial charge in [0.2, 0.25) is 5.91 Å². The van der Waals surface area contributed by atoms with Crippen LogP contribution < -0.4 is 0 Å². The first-order valence-electron chi connectivity index (χ1n) is 6.31. The molecule has 2 fully saturated rings. The SMILES string of the molecule is O=C(O[C@@H]1CCN2C(=O)CC[C@@H]12)c1ccccc1. The number of nitrogens with zero attached hydrogens (tertiary/aromatic N) is 1. The van der Waals surface area contributed by atoms with Gasteiger partial charge in [-0.2, -0.15) is 0 Å². The minimum Gasteiger partial charge on any atom is -0.457 e. The van der Waals surface area contributed by atoms with Gasteiger partial charge in [0.15, 0.2) is 0 Å². The van der Waals surface area contributed by atoms with Crippen molar-refractivity contribution < 1.29 is 14.3 Å². The first-order chi connectivity index (χ1) is 8.75. The largest absolute Gasteiger partial charge is 0.457 e. The molecule has 0 saturated carbocycles. The van der Waals surface area contributed by atoms with Crippen LogP contribution in [0.25, 0.3) is 0 Å². The smallest absolute Gasteiger partial charge is 0.338 e. The topological polar surface area (TPSA) is 46.6 Å². The zero-order chi connectivity index (χ0) is 12.5. The number of amides is 1. The highest BCUT2D eigenvalue weighted by molar-refractivity contribution is 5.89. The molecule has 3 rings (SSSR count). The monoisotopic (exact) mass is 245 g/mol. The van der Waals surface area contributed by atoms with E-state index >= 15 is 0 Å². The van der Waals surface area contributed by atoms with E-state index in [1.807, 2.05) is 23.1 Å². The van der Waals surface area contributed by atoms with Crippen LogP contribution in [-0.2, 0) is 9.53 Å². The van der Waals surface area contributed by atoms with Crippen LogP contribution in [0.2, 0.25) is 0 Å². The lowest BCUT2D eigenvalue weighted by Crippen LogP contribution is -2.34. The summed E-state index contributed by atoms with van der Waals surface area (Å²) >= 11 is 0. The molecule has 0 aliphatic carbocycles. The third-order valence-electron chi connectivity index (χ3n) is 3.73. The lowest BCUT2D eigenvalue weighted by Gasteiger charge is -2.20. The Kier molecular flexibility index (Phi) is 2.78. The van der Waals surface area contributed by atoms with Crippen molar-refractivity contribution in [1.82, 2.24) is 4.90 Å². The second kappa shape index (κ2) is 4.44. The van der Waals surface area contributed by atoms with Gasteiger partial charge in [-0.3, -0.25) is 4.79 Å². The van der Waals surface area contributed by atoms with Crippen molar-refractivity contribution in [3.8, 4) is 0 Å². The lowest BCUT2D eigenvalue weighted by atomic mass is 10.1. The fraction of sp³-hybridized carbons (Fsp3) is 0.429. The number of hydrogen-bond acceptors (Lipinski definition) is 3. The van der Waals surface area contributed by atoms with Crippen molar-refractivity contribution in [2.24, 2.45) is 0 Å². The van der Waals surface area contributed by atoms with Gasteiger partial charge in [0.1, 0.15) is 6.10 Å². The highest BCUT2D eigenvalue weighted by Crippen LogP contribution is 2.31. The molecule has 2 heterocycles. The summed E-state index contributed by atoms with van der Waals surface area (Å²) in [6, 6.07) is 9.09. The Labute approximate surface area is 106 Å². The molecule has 1 aromatic rings. The predicted octanol–water partition coefficient (Wildman–Crippen LogP) is 1.61. The Hall–Kier alpha value is -1.84. The van der Waals surface area contributed by atoms with Gasteiger partial charge in [-0.1, -0.05) is 18.2 Å². The summed E-state index contributed by atoms with van der Waals surface area (Å²) in [4.78, 5) is 25.3. The van der Waals surface area contributed by atoms with E-state index in [1.54, 1.807) is 12.1 Å². The van der Waals surface area contributed by atoms with Gasteiger partial charge in [0.05, 0.1) is 11.6 Å². The van der Waals surface area contributed by atoms with Gasteiger partial charge in [-0.05, 0) is 18.6 Å². The quantitative estimate of drug-likeness (QED) is 0.744. The number of ether oxygens (including phenoxy) is 1. The highest BCUT2D eigenvalue weighted by Gasteiger charge is 2.43. The molecule has 0 N–H and O–H groups in total. The lowest BCUT2D eigenvalue weighted by molar-refractivity contribution is -0.128.